The fourth-order valence-electron chi connectivity index (χ4n) is 1.93. The molecule has 0 aliphatic carbocycles. The van der Waals surface area contributed by atoms with Gasteiger partial charge in [0.2, 0.25) is 0 Å². The van der Waals surface area contributed by atoms with Crippen LogP contribution in [0.5, 0.6) is 11.5 Å². The van der Waals surface area contributed by atoms with E-state index in [0.717, 1.165) is 12.0 Å². The Labute approximate surface area is 108 Å². The van der Waals surface area contributed by atoms with Gasteiger partial charge in [0.1, 0.15) is 0 Å². The van der Waals surface area contributed by atoms with Crippen molar-refractivity contribution in [1.82, 2.24) is 0 Å². The van der Waals surface area contributed by atoms with Gasteiger partial charge < -0.3 is 15.2 Å². The van der Waals surface area contributed by atoms with Crippen LogP contribution in [0.25, 0.3) is 0 Å². The Morgan fingerprint density at radius 1 is 1.28 bits per heavy atom. The Morgan fingerprint density at radius 2 is 1.83 bits per heavy atom. The number of Topliss-reactive ketones (excluding diaryl/α,β-unsaturated/α-hetero) is 1. The van der Waals surface area contributed by atoms with Crippen molar-refractivity contribution < 1.29 is 14.3 Å². The number of carbonyl (C=O) groups excluding carboxylic acids is 1. The second-order valence-electron chi connectivity index (χ2n) is 4.23. The van der Waals surface area contributed by atoms with Gasteiger partial charge in [-0.3, -0.25) is 4.79 Å². The highest BCUT2D eigenvalue weighted by atomic mass is 16.5. The highest BCUT2D eigenvalue weighted by Crippen LogP contribution is 2.31. The van der Waals surface area contributed by atoms with Gasteiger partial charge in [-0.15, -0.1) is 0 Å². The minimum atomic E-state index is -0.137. The molecule has 0 fully saturated rings. The number of methoxy groups -OCH3 is 2. The zero-order valence-corrected chi connectivity index (χ0v) is 11.4. The molecule has 100 valence electrons. The van der Waals surface area contributed by atoms with E-state index >= 15 is 0 Å². The topological polar surface area (TPSA) is 61.6 Å². The van der Waals surface area contributed by atoms with Gasteiger partial charge in [-0.2, -0.15) is 0 Å². The van der Waals surface area contributed by atoms with Crippen molar-refractivity contribution in [2.75, 3.05) is 20.8 Å². The molecule has 2 N–H and O–H groups in total. The van der Waals surface area contributed by atoms with Crippen LogP contribution in [0, 0.1) is 12.8 Å². The minimum absolute atomic E-state index is 0.0680. The molecule has 0 aliphatic heterocycles. The Balaban J connectivity index is 3.20. The maximum absolute atomic E-state index is 12.3. The summed E-state index contributed by atoms with van der Waals surface area (Å²) in [6.07, 6.45) is 0.739. The quantitative estimate of drug-likeness (QED) is 0.787. The van der Waals surface area contributed by atoms with Gasteiger partial charge >= 0.3 is 0 Å². The molecule has 0 radical (unpaired) electrons. The van der Waals surface area contributed by atoms with Crippen LogP contribution in [0.15, 0.2) is 12.1 Å². The summed E-state index contributed by atoms with van der Waals surface area (Å²) in [6, 6.07) is 3.55. The van der Waals surface area contributed by atoms with Crippen LogP contribution in [-0.4, -0.2) is 26.5 Å². The lowest BCUT2D eigenvalue weighted by atomic mass is 9.92. The molecule has 1 atom stereocenters. The largest absolute Gasteiger partial charge is 0.493 e. The van der Waals surface area contributed by atoms with E-state index < -0.39 is 0 Å². The number of hydrogen-bond acceptors (Lipinski definition) is 4. The Kier molecular flexibility index (Phi) is 5.16. The molecular formula is C14H21NO3. The summed E-state index contributed by atoms with van der Waals surface area (Å²) in [5, 5.41) is 0. The first-order valence-corrected chi connectivity index (χ1v) is 6.05. The molecule has 18 heavy (non-hydrogen) atoms. The first-order valence-electron chi connectivity index (χ1n) is 6.05. The van der Waals surface area contributed by atoms with E-state index in [1.807, 2.05) is 19.9 Å². The van der Waals surface area contributed by atoms with Crippen LogP contribution in [0.1, 0.15) is 29.3 Å². The number of nitrogens with two attached hydrogens (primary N) is 1. The average molecular weight is 251 g/mol. The molecule has 4 nitrogen and oxygen atoms in total. The Morgan fingerprint density at radius 3 is 2.28 bits per heavy atom. The predicted octanol–water partition coefficient (Wildman–Crippen LogP) is 2.18. The molecule has 0 amide bonds. The number of aryl methyl sites for hydroxylation is 1. The van der Waals surface area contributed by atoms with Gasteiger partial charge in [-0.1, -0.05) is 6.92 Å². The number of hydrogen-bond donors (Lipinski definition) is 1. The molecule has 0 spiro atoms. The Bertz CT molecular complexity index is 425. The van der Waals surface area contributed by atoms with E-state index in [2.05, 4.69) is 0 Å². The lowest BCUT2D eigenvalue weighted by molar-refractivity contribution is 0.0920. The standard InChI is InChI=1S/C14H21NO3/c1-5-10(8-15)14(16)11-7-13(18-4)12(17-3)6-9(11)2/h6-7,10H,5,8,15H2,1-4H3. The molecule has 4 heteroatoms. The predicted molar refractivity (Wildman–Crippen MR) is 71.4 cm³/mol. The first-order chi connectivity index (χ1) is 8.58. The monoisotopic (exact) mass is 251 g/mol. The summed E-state index contributed by atoms with van der Waals surface area (Å²) in [7, 11) is 3.13. The summed E-state index contributed by atoms with van der Waals surface area (Å²) in [5.74, 6) is 1.13. The summed E-state index contributed by atoms with van der Waals surface area (Å²) >= 11 is 0. The summed E-state index contributed by atoms with van der Waals surface area (Å²) in [4.78, 5) is 12.3. The molecule has 1 rings (SSSR count). The molecule has 1 aromatic carbocycles. The molecular weight excluding hydrogens is 230 g/mol. The van der Waals surface area contributed by atoms with Gasteiger partial charge in [0, 0.05) is 18.0 Å². The van der Waals surface area contributed by atoms with Crippen LogP contribution in [0.4, 0.5) is 0 Å². The molecule has 0 aliphatic rings. The van der Waals surface area contributed by atoms with E-state index in [-0.39, 0.29) is 11.7 Å². The van der Waals surface area contributed by atoms with E-state index in [1.54, 1.807) is 20.3 Å². The zero-order valence-electron chi connectivity index (χ0n) is 11.4. The van der Waals surface area contributed by atoms with Gasteiger partial charge in [0.15, 0.2) is 17.3 Å². The first kappa shape index (κ1) is 14.5. The fraction of sp³-hybridized carbons (Fsp3) is 0.500. The molecule has 0 saturated heterocycles. The number of ether oxygens (including phenoxy) is 2. The van der Waals surface area contributed by atoms with E-state index in [1.165, 1.54) is 0 Å². The SMILES string of the molecule is CCC(CN)C(=O)c1cc(OC)c(OC)cc1C. The van der Waals surface area contributed by atoms with Gasteiger partial charge in [-0.25, -0.2) is 0 Å². The van der Waals surface area contributed by atoms with Crippen LogP contribution in [-0.2, 0) is 0 Å². The number of ketones is 1. The molecule has 1 unspecified atom stereocenters. The van der Waals surface area contributed by atoms with Crippen LogP contribution in [0.2, 0.25) is 0 Å². The summed E-state index contributed by atoms with van der Waals surface area (Å²) in [5.41, 5.74) is 7.16. The smallest absolute Gasteiger partial charge is 0.167 e. The van der Waals surface area contributed by atoms with E-state index in [9.17, 15) is 4.79 Å². The number of carbonyl (C=O) groups is 1. The second kappa shape index (κ2) is 6.40. The molecule has 1 aromatic rings. The summed E-state index contributed by atoms with van der Waals surface area (Å²) < 4.78 is 10.4. The summed E-state index contributed by atoms with van der Waals surface area (Å²) in [6.45, 7) is 4.22. The Hall–Kier alpha value is -1.55. The molecule has 0 aromatic heterocycles. The van der Waals surface area contributed by atoms with Crippen molar-refractivity contribution in [3.8, 4) is 11.5 Å². The normalized spacial score (nSPS) is 12.1. The molecule has 0 bridgehead atoms. The molecule has 0 saturated carbocycles. The fourth-order valence-corrected chi connectivity index (χ4v) is 1.93. The lowest BCUT2D eigenvalue weighted by Crippen LogP contribution is -2.23. The van der Waals surface area contributed by atoms with Crippen molar-refractivity contribution in [3.05, 3.63) is 23.3 Å². The highest BCUT2D eigenvalue weighted by molar-refractivity contribution is 5.99. The van der Waals surface area contributed by atoms with Crippen LogP contribution >= 0.6 is 0 Å². The van der Waals surface area contributed by atoms with E-state index in [0.29, 0.717) is 23.6 Å². The van der Waals surface area contributed by atoms with Gasteiger partial charge in [0.25, 0.3) is 0 Å². The van der Waals surface area contributed by atoms with Crippen molar-refractivity contribution >= 4 is 5.78 Å². The number of benzene rings is 1. The van der Waals surface area contributed by atoms with E-state index in [4.69, 9.17) is 15.2 Å². The van der Waals surface area contributed by atoms with Crippen LogP contribution < -0.4 is 15.2 Å². The maximum atomic E-state index is 12.3. The lowest BCUT2D eigenvalue weighted by Gasteiger charge is -2.15. The van der Waals surface area contributed by atoms with Crippen LogP contribution in [0.3, 0.4) is 0 Å². The maximum Gasteiger partial charge on any atom is 0.167 e. The third-order valence-corrected chi connectivity index (χ3v) is 3.14. The van der Waals surface area contributed by atoms with Crippen molar-refractivity contribution in [3.63, 3.8) is 0 Å². The molecule has 0 heterocycles. The third-order valence-electron chi connectivity index (χ3n) is 3.14. The highest BCUT2D eigenvalue weighted by Gasteiger charge is 2.20. The van der Waals surface area contributed by atoms with Crippen molar-refractivity contribution in [1.29, 1.82) is 0 Å². The second-order valence-corrected chi connectivity index (χ2v) is 4.23. The van der Waals surface area contributed by atoms with Crippen molar-refractivity contribution in [2.24, 2.45) is 11.7 Å². The zero-order chi connectivity index (χ0) is 13.7. The van der Waals surface area contributed by atoms with Crippen molar-refractivity contribution in [2.45, 2.75) is 20.3 Å². The number of rotatable bonds is 6. The minimum Gasteiger partial charge on any atom is -0.493 e. The third kappa shape index (κ3) is 2.82. The van der Waals surface area contributed by atoms with Gasteiger partial charge in [0.05, 0.1) is 14.2 Å². The van der Waals surface area contributed by atoms with Gasteiger partial charge in [-0.05, 0) is 31.0 Å². The average Bonchev–Trinajstić information content (AvgIpc) is 2.39.